The van der Waals surface area contributed by atoms with Crippen LogP contribution in [0.25, 0.3) is 11.3 Å². The molecular formula is C29H32F3N3O2. The van der Waals surface area contributed by atoms with Crippen molar-refractivity contribution in [2.24, 2.45) is 5.92 Å². The minimum atomic E-state index is -4.49. The number of aromatic nitrogens is 1. The van der Waals surface area contributed by atoms with Crippen molar-refractivity contribution in [3.8, 4) is 11.3 Å². The van der Waals surface area contributed by atoms with Gasteiger partial charge in [-0.15, -0.1) is 0 Å². The third-order valence-corrected chi connectivity index (χ3v) is 7.08. The smallest absolute Gasteiger partial charge is 0.345 e. The first-order valence-electron chi connectivity index (χ1n) is 12.6. The molecule has 0 atom stereocenters. The van der Waals surface area contributed by atoms with Gasteiger partial charge in [0.05, 0.1) is 11.1 Å². The molecule has 0 spiro atoms. The molecule has 5 nitrogen and oxygen atoms in total. The van der Waals surface area contributed by atoms with Crippen molar-refractivity contribution < 1.29 is 22.8 Å². The number of halogens is 3. The average Bonchev–Trinajstić information content (AvgIpc) is 3.52. The molecule has 1 N–H and O–H groups in total. The van der Waals surface area contributed by atoms with E-state index < -0.39 is 17.6 Å². The standard InChI is InChI=1S/C29H32F3N3O2/c1-20-25(27(36)33-24-15-8-14-23(18-24)29(30,31)32)19-26(21-10-4-3-5-11-21)35(20)17-9-16-34(2)28(37)22-12-6-7-13-22/h3-5,8,10-11,14-15,18-19,22H,6-7,9,12-13,16-17H2,1-2H3,(H,33,36). The molecule has 1 aliphatic rings. The summed E-state index contributed by atoms with van der Waals surface area (Å²) in [6, 6.07) is 16.0. The second kappa shape index (κ2) is 11.2. The topological polar surface area (TPSA) is 54.3 Å². The van der Waals surface area contributed by atoms with Crippen LogP contribution >= 0.6 is 0 Å². The van der Waals surface area contributed by atoms with Gasteiger partial charge in [-0.05, 0) is 56.0 Å². The van der Waals surface area contributed by atoms with Crippen molar-refractivity contribution in [1.82, 2.24) is 9.47 Å². The molecule has 2 amide bonds. The molecule has 2 aromatic carbocycles. The molecule has 0 bridgehead atoms. The van der Waals surface area contributed by atoms with Crippen molar-refractivity contribution in [3.05, 3.63) is 77.5 Å². The Labute approximate surface area is 215 Å². The second-order valence-electron chi connectivity index (χ2n) is 9.67. The highest BCUT2D eigenvalue weighted by atomic mass is 19.4. The second-order valence-corrected chi connectivity index (χ2v) is 9.67. The van der Waals surface area contributed by atoms with E-state index in [9.17, 15) is 22.8 Å². The average molecular weight is 512 g/mol. The zero-order valence-electron chi connectivity index (χ0n) is 21.1. The molecule has 1 aliphatic carbocycles. The molecule has 0 radical (unpaired) electrons. The third-order valence-electron chi connectivity index (χ3n) is 7.08. The highest BCUT2D eigenvalue weighted by Crippen LogP contribution is 2.32. The summed E-state index contributed by atoms with van der Waals surface area (Å²) in [5, 5.41) is 2.62. The van der Waals surface area contributed by atoms with Gasteiger partial charge in [0.25, 0.3) is 5.91 Å². The summed E-state index contributed by atoms with van der Waals surface area (Å²) in [6.07, 6.45) is 0.355. The highest BCUT2D eigenvalue weighted by Gasteiger charge is 2.31. The van der Waals surface area contributed by atoms with E-state index in [-0.39, 0.29) is 17.5 Å². The van der Waals surface area contributed by atoms with Crippen molar-refractivity contribution in [2.45, 2.75) is 51.7 Å². The van der Waals surface area contributed by atoms with Gasteiger partial charge in [0, 0.05) is 43.1 Å². The van der Waals surface area contributed by atoms with E-state index in [1.807, 2.05) is 48.9 Å². The number of alkyl halides is 3. The lowest BCUT2D eigenvalue weighted by Crippen LogP contribution is -2.33. The van der Waals surface area contributed by atoms with E-state index in [4.69, 9.17) is 0 Å². The lowest BCUT2D eigenvalue weighted by atomic mass is 10.1. The summed E-state index contributed by atoms with van der Waals surface area (Å²) in [5.74, 6) is -0.142. The monoisotopic (exact) mass is 511 g/mol. The van der Waals surface area contributed by atoms with Crippen LogP contribution in [0.15, 0.2) is 60.7 Å². The number of carbonyl (C=O) groups excluding carboxylic acids is 2. The van der Waals surface area contributed by atoms with Crippen LogP contribution in [0.3, 0.4) is 0 Å². The molecule has 37 heavy (non-hydrogen) atoms. The van der Waals surface area contributed by atoms with Gasteiger partial charge in [0.1, 0.15) is 0 Å². The Morgan fingerprint density at radius 1 is 1.03 bits per heavy atom. The molecule has 8 heteroatoms. The van der Waals surface area contributed by atoms with Crippen molar-refractivity contribution in [1.29, 1.82) is 0 Å². The number of hydrogen-bond donors (Lipinski definition) is 1. The maximum atomic E-state index is 13.2. The minimum absolute atomic E-state index is 0.0836. The fraction of sp³-hybridized carbons (Fsp3) is 0.379. The van der Waals surface area contributed by atoms with Gasteiger partial charge in [-0.25, -0.2) is 0 Å². The SMILES string of the molecule is Cc1c(C(=O)Nc2cccc(C(F)(F)F)c2)cc(-c2ccccc2)n1CCCN(C)C(=O)C1CCCC1. The van der Waals surface area contributed by atoms with Crippen LogP contribution < -0.4 is 5.32 Å². The van der Waals surface area contributed by atoms with Gasteiger partial charge < -0.3 is 14.8 Å². The first-order chi connectivity index (χ1) is 17.6. The Morgan fingerprint density at radius 2 is 1.73 bits per heavy atom. The predicted octanol–water partition coefficient (Wildman–Crippen LogP) is 6.77. The first-order valence-corrected chi connectivity index (χ1v) is 12.6. The third kappa shape index (κ3) is 6.24. The largest absolute Gasteiger partial charge is 0.416 e. The molecule has 3 aromatic rings. The predicted molar refractivity (Wildman–Crippen MR) is 138 cm³/mol. The van der Waals surface area contributed by atoms with Gasteiger partial charge in [0.2, 0.25) is 5.91 Å². The van der Waals surface area contributed by atoms with E-state index in [1.165, 1.54) is 12.1 Å². The molecule has 1 fully saturated rings. The minimum Gasteiger partial charge on any atom is -0.345 e. The molecule has 1 heterocycles. The number of hydrogen-bond acceptors (Lipinski definition) is 2. The normalized spacial score (nSPS) is 14.1. The maximum absolute atomic E-state index is 13.2. The molecule has 0 saturated heterocycles. The lowest BCUT2D eigenvalue weighted by Gasteiger charge is -2.21. The van der Waals surface area contributed by atoms with Gasteiger partial charge in [-0.3, -0.25) is 9.59 Å². The van der Waals surface area contributed by atoms with Gasteiger partial charge in [0.15, 0.2) is 0 Å². The zero-order chi connectivity index (χ0) is 26.6. The van der Waals surface area contributed by atoms with Crippen LogP contribution in [-0.2, 0) is 17.5 Å². The van der Waals surface area contributed by atoms with Gasteiger partial charge in [-0.2, -0.15) is 13.2 Å². The molecule has 196 valence electrons. The Kier molecular flexibility index (Phi) is 8.05. The first kappa shape index (κ1) is 26.5. The molecule has 0 aliphatic heterocycles. The number of rotatable bonds is 8. The Morgan fingerprint density at radius 3 is 2.41 bits per heavy atom. The highest BCUT2D eigenvalue weighted by molar-refractivity contribution is 6.06. The number of benzene rings is 2. The summed E-state index contributed by atoms with van der Waals surface area (Å²) < 4.78 is 41.4. The van der Waals surface area contributed by atoms with Crippen LogP contribution in [0, 0.1) is 12.8 Å². The van der Waals surface area contributed by atoms with Crippen LogP contribution in [-0.4, -0.2) is 34.9 Å². The Bertz CT molecular complexity index is 1250. The molecule has 0 unspecified atom stereocenters. The van der Waals surface area contributed by atoms with Crippen LogP contribution in [0.2, 0.25) is 0 Å². The number of carbonyl (C=O) groups is 2. The molecular weight excluding hydrogens is 479 g/mol. The zero-order valence-corrected chi connectivity index (χ0v) is 21.1. The number of amides is 2. The fourth-order valence-electron chi connectivity index (χ4n) is 5.04. The Balaban J connectivity index is 1.53. The van der Waals surface area contributed by atoms with E-state index in [0.717, 1.165) is 49.1 Å². The molecule has 4 rings (SSSR count). The van der Waals surface area contributed by atoms with Crippen molar-refractivity contribution in [3.63, 3.8) is 0 Å². The molecule has 1 aromatic heterocycles. The van der Waals surface area contributed by atoms with Crippen LogP contribution in [0.5, 0.6) is 0 Å². The summed E-state index contributed by atoms with van der Waals surface area (Å²) in [7, 11) is 1.84. The Hall–Kier alpha value is -3.55. The van der Waals surface area contributed by atoms with Gasteiger partial charge in [-0.1, -0.05) is 49.2 Å². The number of nitrogens with zero attached hydrogens (tertiary/aromatic N) is 2. The van der Waals surface area contributed by atoms with E-state index in [1.54, 1.807) is 11.0 Å². The maximum Gasteiger partial charge on any atom is 0.416 e. The van der Waals surface area contributed by atoms with Crippen LogP contribution in [0.1, 0.15) is 53.7 Å². The van der Waals surface area contributed by atoms with E-state index in [2.05, 4.69) is 5.32 Å². The van der Waals surface area contributed by atoms with Crippen molar-refractivity contribution in [2.75, 3.05) is 18.9 Å². The van der Waals surface area contributed by atoms with E-state index >= 15 is 0 Å². The lowest BCUT2D eigenvalue weighted by molar-refractivity contribution is -0.137. The summed E-state index contributed by atoms with van der Waals surface area (Å²) >= 11 is 0. The van der Waals surface area contributed by atoms with Gasteiger partial charge >= 0.3 is 6.18 Å². The summed E-state index contributed by atoms with van der Waals surface area (Å²) in [5.41, 5.74) is 2.15. The molecule has 1 saturated carbocycles. The summed E-state index contributed by atoms with van der Waals surface area (Å²) in [4.78, 5) is 27.6. The van der Waals surface area contributed by atoms with Crippen LogP contribution in [0.4, 0.5) is 18.9 Å². The summed E-state index contributed by atoms with van der Waals surface area (Å²) in [6.45, 7) is 3.03. The number of nitrogens with one attached hydrogen (secondary N) is 1. The fourth-order valence-corrected chi connectivity index (χ4v) is 5.04. The van der Waals surface area contributed by atoms with Crippen molar-refractivity contribution >= 4 is 17.5 Å². The quantitative estimate of drug-likeness (QED) is 0.363. The number of anilines is 1. The van der Waals surface area contributed by atoms with E-state index in [0.29, 0.717) is 30.8 Å².